The average Bonchev–Trinajstić information content (AvgIpc) is 2.76. The predicted molar refractivity (Wildman–Crippen MR) is 74.2 cm³/mol. The van der Waals surface area contributed by atoms with Gasteiger partial charge in [-0.2, -0.15) is 0 Å². The molecule has 0 aliphatic carbocycles. The maximum Gasteiger partial charge on any atom is 0.272 e. The van der Waals surface area contributed by atoms with Crippen LogP contribution in [0.1, 0.15) is 22.6 Å². The van der Waals surface area contributed by atoms with Crippen molar-refractivity contribution in [1.82, 2.24) is 10.1 Å². The first-order chi connectivity index (χ1) is 9.45. The predicted octanol–water partition coefficient (Wildman–Crippen LogP) is 2.83. The minimum atomic E-state index is -0.347. The lowest BCUT2D eigenvalue weighted by molar-refractivity contribution is -0.385. The van der Waals surface area contributed by atoms with Gasteiger partial charge in [-0.25, -0.2) is 0 Å². The van der Waals surface area contributed by atoms with Crippen molar-refractivity contribution in [3.05, 3.63) is 57.0 Å². The van der Waals surface area contributed by atoms with Crippen molar-refractivity contribution >= 4 is 5.69 Å². The Labute approximate surface area is 117 Å². The largest absolute Gasteiger partial charge is 0.361 e. The maximum atomic E-state index is 10.9. The van der Waals surface area contributed by atoms with E-state index in [0.29, 0.717) is 18.7 Å². The molecule has 20 heavy (non-hydrogen) atoms. The molecule has 1 aromatic heterocycles. The molecule has 0 atom stereocenters. The summed E-state index contributed by atoms with van der Waals surface area (Å²) in [5.41, 5.74) is 2.60. The molecule has 0 N–H and O–H groups in total. The molecule has 6 heteroatoms. The van der Waals surface area contributed by atoms with Gasteiger partial charge in [-0.05, 0) is 26.5 Å². The molecule has 0 saturated heterocycles. The number of nitro groups is 1. The van der Waals surface area contributed by atoms with Crippen LogP contribution in [0.2, 0.25) is 0 Å². The molecule has 2 rings (SSSR count). The highest BCUT2D eigenvalue weighted by molar-refractivity contribution is 5.42. The molecule has 1 heterocycles. The number of nitro benzene ring substituents is 1. The number of nitrogens with zero attached hydrogens (tertiary/aromatic N) is 3. The molecular formula is C14H17N3O3. The van der Waals surface area contributed by atoms with E-state index in [1.807, 2.05) is 31.0 Å². The molecule has 0 amide bonds. The van der Waals surface area contributed by atoms with E-state index in [4.69, 9.17) is 4.52 Å². The highest BCUT2D eigenvalue weighted by atomic mass is 16.6. The van der Waals surface area contributed by atoms with Crippen molar-refractivity contribution in [3.8, 4) is 0 Å². The molecule has 0 aliphatic rings. The molecule has 0 saturated carbocycles. The van der Waals surface area contributed by atoms with Gasteiger partial charge in [0.25, 0.3) is 5.69 Å². The summed E-state index contributed by atoms with van der Waals surface area (Å²) < 4.78 is 5.02. The Morgan fingerprint density at radius 2 is 2.05 bits per heavy atom. The molecule has 0 bridgehead atoms. The lowest BCUT2D eigenvalue weighted by atomic mass is 10.1. The third kappa shape index (κ3) is 3.42. The van der Waals surface area contributed by atoms with Crippen LogP contribution < -0.4 is 0 Å². The van der Waals surface area contributed by atoms with E-state index < -0.39 is 0 Å². The number of rotatable bonds is 5. The molecule has 6 nitrogen and oxygen atoms in total. The third-order valence-corrected chi connectivity index (χ3v) is 3.03. The van der Waals surface area contributed by atoms with Crippen LogP contribution in [0, 0.1) is 24.0 Å². The summed E-state index contributed by atoms with van der Waals surface area (Å²) in [5, 5.41) is 14.9. The maximum absolute atomic E-state index is 10.9. The molecule has 0 unspecified atom stereocenters. The minimum absolute atomic E-state index is 0.160. The highest BCUT2D eigenvalue weighted by Crippen LogP contribution is 2.20. The summed E-state index contributed by atoms with van der Waals surface area (Å²) in [6.45, 7) is 4.84. The zero-order valence-corrected chi connectivity index (χ0v) is 11.8. The zero-order valence-electron chi connectivity index (χ0n) is 11.8. The second-order valence-electron chi connectivity index (χ2n) is 4.98. The van der Waals surface area contributed by atoms with Crippen molar-refractivity contribution in [2.75, 3.05) is 7.05 Å². The number of hydrogen-bond donors (Lipinski definition) is 0. The average molecular weight is 275 g/mol. The Kier molecular flexibility index (Phi) is 4.14. The van der Waals surface area contributed by atoms with Gasteiger partial charge < -0.3 is 4.52 Å². The van der Waals surface area contributed by atoms with E-state index in [2.05, 4.69) is 5.16 Å². The van der Waals surface area contributed by atoms with E-state index in [-0.39, 0.29) is 10.6 Å². The summed E-state index contributed by atoms with van der Waals surface area (Å²) in [6, 6.07) is 7.20. The third-order valence-electron chi connectivity index (χ3n) is 3.03. The van der Waals surface area contributed by atoms with Gasteiger partial charge in [-0.3, -0.25) is 15.0 Å². The Morgan fingerprint density at radius 1 is 1.30 bits per heavy atom. The first kappa shape index (κ1) is 14.2. The number of aryl methyl sites for hydroxylation is 2. The number of hydrogen-bond acceptors (Lipinski definition) is 5. The van der Waals surface area contributed by atoms with Crippen LogP contribution in [0.5, 0.6) is 0 Å². The van der Waals surface area contributed by atoms with Crippen LogP contribution in [0.25, 0.3) is 0 Å². The SMILES string of the molecule is Cc1cc(CN(C)Cc2ccc(C)c([N+](=O)[O-])c2)no1. The molecule has 1 aromatic carbocycles. The number of aromatic nitrogens is 1. The van der Waals surface area contributed by atoms with E-state index in [1.54, 1.807) is 19.1 Å². The number of benzene rings is 1. The first-order valence-electron chi connectivity index (χ1n) is 6.30. The van der Waals surface area contributed by atoms with Gasteiger partial charge in [0.2, 0.25) is 0 Å². The van der Waals surface area contributed by atoms with Gasteiger partial charge in [0.1, 0.15) is 5.76 Å². The van der Waals surface area contributed by atoms with Crippen molar-refractivity contribution in [1.29, 1.82) is 0 Å². The first-order valence-corrected chi connectivity index (χ1v) is 6.30. The van der Waals surface area contributed by atoms with Crippen LogP contribution in [0.4, 0.5) is 5.69 Å². The molecule has 0 spiro atoms. The lowest BCUT2D eigenvalue weighted by Crippen LogP contribution is -2.17. The van der Waals surface area contributed by atoms with Gasteiger partial charge in [0, 0.05) is 30.8 Å². The van der Waals surface area contributed by atoms with Crippen molar-refractivity contribution < 1.29 is 9.45 Å². The molecular weight excluding hydrogens is 258 g/mol. The van der Waals surface area contributed by atoms with Gasteiger partial charge >= 0.3 is 0 Å². The van der Waals surface area contributed by atoms with Crippen molar-refractivity contribution in [3.63, 3.8) is 0 Å². The summed E-state index contributed by atoms with van der Waals surface area (Å²) in [5.74, 6) is 0.777. The Morgan fingerprint density at radius 3 is 2.65 bits per heavy atom. The second-order valence-corrected chi connectivity index (χ2v) is 4.98. The van der Waals surface area contributed by atoms with E-state index in [0.717, 1.165) is 17.0 Å². The second kappa shape index (κ2) is 5.83. The van der Waals surface area contributed by atoms with Crippen LogP contribution in [0.15, 0.2) is 28.8 Å². The standard InChI is InChI=1S/C14H17N3O3/c1-10-4-5-12(7-14(10)17(18)19)8-16(3)9-13-6-11(2)20-15-13/h4-7H,8-9H2,1-3H3. The quantitative estimate of drug-likeness (QED) is 0.619. The fraction of sp³-hybridized carbons (Fsp3) is 0.357. The lowest BCUT2D eigenvalue weighted by Gasteiger charge is -2.15. The summed E-state index contributed by atoms with van der Waals surface area (Å²) in [6.07, 6.45) is 0. The van der Waals surface area contributed by atoms with Crippen LogP contribution in [-0.2, 0) is 13.1 Å². The molecule has 0 radical (unpaired) electrons. The highest BCUT2D eigenvalue weighted by Gasteiger charge is 2.12. The van der Waals surface area contributed by atoms with Crippen LogP contribution in [0.3, 0.4) is 0 Å². The molecule has 2 aromatic rings. The smallest absolute Gasteiger partial charge is 0.272 e. The molecule has 106 valence electrons. The van der Waals surface area contributed by atoms with E-state index in [9.17, 15) is 10.1 Å². The fourth-order valence-corrected chi connectivity index (χ4v) is 2.09. The summed E-state index contributed by atoms with van der Waals surface area (Å²) in [7, 11) is 1.94. The fourth-order valence-electron chi connectivity index (χ4n) is 2.09. The Balaban J connectivity index is 2.06. The summed E-state index contributed by atoms with van der Waals surface area (Å²) >= 11 is 0. The minimum Gasteiger partial charge on any atom is -0.361 e. The van der Waals surface area contributed by atoms with Crippen molar-refractivity contribution in [2.45, 2.75) is 26.9 Å². The van der Waals surface area contributed by atoms with Gasteiger partial charge in [-0.1, -0.05) is 17.3 Å². The summed E-state index contributed by atoms with van der Waals surface area (Å²) in [4.78, 5) is 12.6. The topological polar surface area (TPSA) is 72.4 Å². The van der Waals surface area contributed by atoms with Gasteiger partial charge in [0.15, 0.2) is 0 Å². The molecule has 0 aliphatic heterocycles. The van der Waals surface area contributed by atoms with Crippen LogP contribution in [-0.4, -0.2) is 22.0 Å². The van der Waals surface area contributed by atoms with Crippen molar-refractivity contribution in [2.24, 2.45) is 0 Å². The normalized spacial score (nSPS) is 11.0. The van der Waals surface area contributed by atoms with Crippen LogP contribution >= 0.6 is 0 Å². The van der Waals surface area contributed by atoms with Gasteiger partial charge in [0.05, 0.1) is 10.6 Å². The zero-order chi connectivity index (χ0) is 14.7. The Bertz CT molecular complexity index is 622. The van der Waals surface area contributed by atoms with Gasteiger partial charge in [-0.15, -0.1) is 0 Å². The van der Waals surface area contributed by atoms with E-state index >= 15 is 0 Å². The Hall–Kier alpha value is -2.21. The monoisotopic (exact) mass is 275 g/mol. The van der Waals surface area contributed by atoms with E-state index in [1.165, 1.54) is 0 Å². The molecule has 0 fully saturated rings.